The molecular formula is C14H12N2O3S. The van der Waals surface area contributed by atoms with Crippen LogP contribution in [0, 0.1) is 0 Å². The molecule has 0 amide bonds. The van der Waals surface area contributed by atoms with Gasteiger partial charge in [0.2, 0.25) is 0 Å². The molecule has 0 radical (unpaired) electrons. The molecule has 20 heavy (non-hydrogen) atoms. The number of H-pyrrole nitrogens is 1. The fraction of sp³-hybridized carbons (Fsp3) is 0.143. The molecule has 3 rings (SSSR count). The molecule has 0 fully saturated rings. The zero-order valence-electron chi connectivity index (χ0n) is 10.7. The Balaban J connectivity index is 2.32. The van der Waals surface area contributed by atoms with Crippen LogP contribution in [0.2, 0.25) is 0 Å². The van der Waals surface area contributed by atoms with Crippen LogP contribution in [0.25, 0.3) is 11.0 Å². The van der Waals surface area contributed by atoms with Crippen molar-refractivity contribution in [3.05, 3.63) is 56.6 Å². The molecule has 1 aromatic carbocycles. The first-order valence-corrected chi connectivity index (χ1v) is 6.97. The van der Waals surface area contributed by atoms with E-state index in [4.69, 9.17) is 0 Å². The van der Waals surface area contributed by atoms with Crippen molar-refractivity contribution in [2.75, 3.05) is 0 Å². The minimum Gasteiger partial charge on any atom is -0.478 e. The third-order valence-electron chi connectivity index (χ3n) is 3.31. The summed E-state index contributed by atoms with van der Waals surface area (Å²) >= 11 is 1.54. The van der Waals surface area contributed by atoms with Crippen molar-refractivity contribution in [1.29, 1.82) is 0 Å². The molecule has 0 saturated carbocycles. The molecule has 0 saturated heterocycles. The van der Waals surface area contributed by atoms with Gasteiger partial charge < -0.3 is 10.1 Å². The quantitative estimate of drug-likeness (QED) is 0.778. The Labute approximate surface area is 118 Å². The van der Waals surface area contributed by atoms with Gasteiger partial charge in [-0.25, -0.2) is 9.59 Å². The number of carboxylic acids is 1. The molecule has 2 aromatic heterocycles. The molecule has 0 aliphatic heterocycles. The molecule has 6 heteroatoms. The lowest BCUT2D eigenvalue weighted by Crippen LogP contribution is -2.21. The van der Waals surface area contributed by atoms with E-state index in [1.54, 1.807) is 12.1 Å². The predicted molar refractivity (Wildman–Crippen MR) is 77.7 cm³/mol. The summed E-state index contributed by atoms with van der Waals surface area (Å²) in [6.45, 7) is 1.89. The number of nitrogens with one attached hydrogen (secondary N) is 1. The lowest BCUT2D eigenvalue weighted by atomic mass is 10.1. The normalized spacial score (nSPS) is 12.7. The number of hydrogen-bond donors (Lipinski definition) is 2. The standard InChI is InChI=1S/C14H12N2O3S/c1-8(11-6-3-7-20-11)16-12-9(13(17)18)4-2-5-10(12)15-14(16)19/h2-8H,1H3,(H,15,19)(H,17,18). The summed E-state index contributed by atoms with van der Waals surface area (Å²) in [4.78, 5) is 27.2. The highest BCUT2D eigenvalue weighted by atomic mass is 32.1. The summed E-state index contributed by atoms with van der Waals surface area (Å²) in [7, 11) is 0. The molecule has 0 aliphatic rings. The molecule has 0 bridgehead atoms. The molecule has 3 aromatic rings. The van der Waals surface area contributed by atoms with Crippen molar-refractivity contribution in [2.24, 2.45) is 0 Å². The highest BCUT2D eigenvalue weighted by Crippen LogP contribution is 2.26. The van der Waals surface area contributed by atoms with Crippen LogP contribution in [-0.2, 0) is 0 Å². The first kappa shape index (κ1) is 12.7. The first-order chi connectivity index (χ1) is 9.59. The van der Waals surface area contributed by atoms with Gasteiger partial charge >= 0.3 is 11.7 Å². The lowest BCUT2D eigenvalue weighted by molar-refractivity contribution is 0.0698. The van der Waals surface area contributed by atoms with Gasteiger partial charge in [-0.2, -0.15) is 0 Å². The topological polar surface area (TPSA) is 75.1 Å². The zero-order chi connectivity index (χ0) is 14.3. The fourth-order valence-corrected chi connectivity index (χ4v) is 3.15. The number of nitrogens with zero attached hydrogens (tertiary/aromatic N) is 1. The van der Waals surface area contributed by atoms with E-state index in [0.717, 1.165) is 4.88 Å². The Kier molecular flexibility index (Phi) is 2.94. The Morgan fingerprint density at radius 3 is 2.80 bits per heavy atom. The highest BCUT2D eigenvalue weighted by molar-refractivity contribution is 7.10. The summed E-state index contributed by atoms with van der Waals surface area (Å²) in [6.07, 6.45) is 0. The maximum absolute atomic E-state index is 12.2. The van der Waals surface area contributed by atoms with Gasteiger partial charge in [0.05, 0.1) is 22.6 Å². The molecule has 2 heterocycles. The fourth-order valence-electron chi connectivity index (χ4n) is 2.38. The monoisotopic (exact) mass is 288 g/mol. The molecule has 1 unspecified atom stereocenters. The summed E-state index contributed by atoms with van der Waals surface area (Å²) in [5, 5.41) is 11.2. The van der Waals surface area contributed by atoms with Crippen LogP contribution in [0.3, 0.4) is 0 Å². The average molecular weight is 288 g/mol. The molecule has 0 spiro atoms. The number of thiophene rings is 1. The van der Waals surface area contributed by atoms with Crippen LogP contribution in [0.4, 0.5) is 0 Å². The smallest absolute Gasteiger partial charge is 0.337 e. The maximum atomic E-state index is 12.2. The number of benzene rings is 1. The van der Waals surface area contributed by atoms with Crippen LogP contribution in [-0.4, -0.2) is 20.6 Å². The number of hydrogen-bond acceptors (Lipinski definition) is 3. The highest BCUT2D eigenvalue weighted by Gasteiger charge is 2.20. The van der Waals surface area contributed by atoms with E-state index in [9.17, 15) is 14.7 Å². The number of aromatic carboxylic acids is 1. The average Bonchev–Trinajstić information content (AvgIpc) is 3.03. The van der Waals surface area contributed by atoms with Crippen LogP contribution in [0.15, 0.2) is 40.5 Å². The van der Waals surface area contributed by atoms with Gasteiger partial charge in [-0.15, -0.1) is 11.3 Å². The van der Waals surface area contributed by atoms with E-state index in [2.05, 4.69) is 4.98 Å². The van der Waals surface area contributed by atoms with Crippen molar-refractivity contribution in [1.82, 2.24) is 9.55 Å². The Bertz CT molecular complexity index is 830. The lowest BCUT2D eigenvalue weighted by Gasteiger charge is -2.12. The van der Waals surface area contributed by atoms with Crippen molar-refractivity contribution in [3.8, 4) is 0 Å². The second kappa shape index (κ2) is 4.64. The van der Waals surface area contributed by atoms with Gasteiger partial charge in [0.1, 0.15) is 0 Å². The SMILES string of the molecule is CC(c1cccs1)n1c(=O)[nH]c2cccc(C(=O)O)c21. The number of carboxylic acid groups (broad SMARTS) is 1. The van der Waals surface area contributed by atoms with Gasteiger partial charge in [-0.3, -0.25) is 4.57 Å². The van der Waals surface area contributed by atoms with E-state index >= 15 is 0 Å². The van der Waals surface area contributed by atoms with Crippen LogP contribution in [0.5, 0.6) is 0 Å². The van der Waals surface area contributed by atoms with Gasteiger partial charge in [0.25, 0.3) is 0 Å². The predicted octanol–water partition coefficient (Wildman–Crippen LogP) is 2.70. The van der Waals surface area contributed by atoms with Gasteiger partial charge in [0.15, 0.2) is 0 Å². The summed E-state index contributed by atoms with van der Waals surface area (Å²) in [5.74, 6) is -1.04. The Morgan fingerprint density at radius 1 is 1.35 bits per heavy atom. The Hall–Kier alpha value is -2.34. The molecule has 1 atom stereocenters. The number of imidazole rings is 1. The van der Waals surface area contributed by atoms with Crippen molar-refractivity contribution in [2.45, 2.75) is 13.0 Å². The maximum Gasteiger partial charge on any atom is 0.337 e. The number of rotatable bonds is 3. The number of aromatic amines is 1. The van der Waals surface area contributed by atoms with Crippen molar-refractivity contribution in [3.63, 3.8) is 0 Å². The second-order valence-electron chi connectivity index (χ2n) is 4.50. The van der Waals surface area contributed by atoms with Gasteiger partial charge in [-0.1, -0.05) is 12.1 Å². The first-order valence-electron chi connectivity index (χ1n) is 6.09. The number of para-hydroxylation sites is 1. The van der Waals surface area contributed by atoms with E-state index < -0.39 is 5.97 Å². The minimum atomic E-state index is -1.04. The summed E-state index contributed by atoms with van der Waals surface area (Å²) < 4.78 is 1.50. The number of fused-ring (bicyclic) bond motifs is 1. The largest absolute Gasteiger partial charge is 0.478 e. The Morgan fingerprint density at radius 2 is 2.15 bits per heavy atom. The molecule has 102 valence electrons. The van der Waals surface area contributed by atoms with E-state index in [-0.39, 0.29) is 17.3 Å². The van der Waals surface area contributed by atoms with E-state index in [1.807, 2.05) is 24.4 Å². The van der Waals surface area contributed by atoms with Gasteiger partial charge in [0, 0.05) is 4.88 Å². The van der Waals surface area contributed by atoms with E-state index in [1.165, 1.54) is 22.0 Å². The zero-order valence-corrected chi connectivity index (χ0v) is 11.5. The third-order valence-corrected chi connectivity index (χ3v) is 4.35. The van der Waals surface area contributed by atoms with Gasteiger partial charge in [-0.05, 0) is 30.5 Å². The summed E-state index contributed by atoms with van der Waals surface area (Å²) in [6, 6.07) is 8.48. The number of aromatic nitrogens is 2. The number of carbonyl (C=O) groups is 1. The summed E-state index contributed by atoms with van der Waals surface area (Å²) in [5.41, 5.74) is 0.808. The van der Waals surface area contributed by atoms with Crippen molar-refractivity contribution < 1.29 is 9.90 Å². The van der Waals surface area contributed by atoms with Crippen LogP contribution in [0.1, 0.15) is 28.2 Å². The van der Waals surface area contributed by atoms with Crippen molar-refractivity contribution >= 4 is 28.3 Å². The molecule has 2 N–H and O–H groups in total. The van der Waals surface area contributed by atoms with Crippen LogP contribution >= 0.6 is 11.3 Å². The third kappa shape index (κ3) is 1.85. The minimum absolute atomic E-state index is 0.129. The molecular weight excluding hydrogens is 276 g/mol. The van der Waals surface area contributed by atoms with Crippen LogP contribution < -0.4 is 5.69 Å². The van der Waals surface area contributed by atoms with E-state index in [0.29, 0.717) is 11.0 Å². The molecule has 0 aliphatic carbocycles. The molecule has 5 nitrogen and oxygen atoms in total. The second-order valence-corrected chi connectivity index (χ2v) is 5.48.